The minimum absolute atomic E-state index is 0.351. The molecule has 3 heteroatoms. The molecule has 0 fully saturated rings. The summed E-state index contributed by atoms with van der Waals surface area (Å²) in [5.41, 5.74) is 2.06. The summed E-state index contributed by atoms with van der Waals surface area (Å²) in [4.78, 5) is 13.7. The summed E-state index contributed by atoms with van der Waals surface area (Å²) in [7, 11) is 0. The Bertz CT molecular complexity index is 649. The van der Waals surface area contributed by atoms with Crippen LogP contribution in [0.2, 0.25) is 0 Å². The monoisotopic (exact) mass is 211 g/mol. The topological polar surface area (TPSA) is 46.0 Å². The molecule has 3 rings (SSSR count). The van der Waals surface area contributed by atoms with Crippen molar-refractivity contribution in [2.75, 3.05) is 0 Å². The van der Waals surface area contributed by atoms with Crippen molar-refractivity contribution in [3.05, 3.63) is 48.4 Å². The van der Waals surface area contributed by atoms with E-state index in [0.717, 1.165) is 16.5 Å². The van der Waals surface area contributed by atoms with E-state index in [1.807, 2.05) is 30.5 Å². The Labute approximate surface area is 91.7 Å². The van der Waals surface area contributed by atoms with Gasteiger partial charge in [0.15, 0.2) is 12.0 Å². The molecule has 0 saturated carbocycles. The number of furan rings is 1. The highest BCUT2D eigenvalue weighted by Crippen LogP contribution is 2.25. The smallest absolute Gasteiger partial charge is 0.185 e. The molecule has 1 aromatic carbocycles. The molecular weight excluding hydrogens is 202 g/mol. The van der Waals surface area contributed by atoms with Crippen molar-refractivity contribution >= 4 is 17.2 Å². The molecule has 0 aliphatic rings. The number of benzene rings is 1. The normalized spacial score (nSPS) is 10.8. The van der Waals surface area contributed by atoms with Crippen molar-refractivity contribution < 1.29 is 9.21 Å². The Kier molecular flexibility index (Phi) is 1.90. The van der Waals surface area contributed by atoms with Gasteiger partial charge in [-0.1, -0.05) is 0 Å². The molecule has 0 amide bonds. The number of carbonyl (C=O) groups excluding carboxylic acids is 1. The Morgan fingerprint density at radius 1 is 1.12 bits per heavy atom. The maximum atomic E-state index is 10.5. The standard InChI is InChI=1S/C13H9NO2/c15-8-11-2-4-13(16-11)10-1-3-12-9(7-10)5-6-14-12/h1-8,14H. The average Bonchev–Trinajstić information content (AvgIpc) is 2.96. The zero-order valence-electron chi connectivity index (χ0n) is 8.44. The maximum Gasteiger partial charge on any atom is 0.185 e. The largest absolute Gasteiger partial charge is 0.453 e. The minimum Gasteiger partial charge on any atom is -0.453 e. The fourth-order valence-electron chi connectivity index (χ4n) is 1.78. The molecule has 1 N–H and O–H groups in total. The third kappa shape index (κ3) is 1.34. The predicted octanol–water partition coefficient (Wildman–Crippen LogP) is 3.24. The Morgan fingerprint density at radius 2 is 2.06 bits per heavy atom. The summed E-state index contributed by atoms with van der Waals surface area (Å²) in [6.07, 6.45) is 2.60. The van der Waals surface area contributed by atoms with Gasteiger partial charge < -0.3 is 9.40 Å². The molecule has 0 saturated heterocycles. The Balaban J connectivity index is 2.13. The molecule has 3 aromatic rings. The first-order valence-corrected chi connectivity index (χ1v) is 4.99. The Morgan fingerprint density at radius 3 is 2.88 bits per heavy atom. The quantitative estimate of drug-likeness (QED) is 0.661. The molecule has 0 atom stereocenters. The van der Waals surface area contributed by atoms with Crippen LogP contribution in [-0.4, -0.2) is 11.3 Å². The van der Waals surface area contributed by atoms with Gasteiger partial charge in [0.25, 0.3) is 0 Å². The van der Waals surface area contributed by atoms with Crippen molar-refractivity contribution in [3.63, 3.8) is 0 Å². The highest BCUT2D eigenvalue weighted by atomic mass is 16.3. The lowest BCUT2D eigenvalue weighted by Gasteiger charge is -1.96. The van der Waals surface area contributed by atoms with Crippen LogP contribution in [0.25, 0.3) is 22.2 Å². The van der Waals surface area contributed by atoms with E-state index in [2.05, 4.69) is 4.98 Å². The number of hydrogen-bond donors (Lipinski definition) is 1. The van der Waals surface area contributed by atoms with E-state index in [1.165, 1.54) is 0 Å². The van der Waals surface area contributed by atoms with Crippen LogP contribution >= 0.6 is 0 Å². The lowest BCUT2D eigenvalue weighted by atomic mass is 10.1. The van der Waals surface area contributed by atoms with Crippen molar-refractivity contribution in [1.29, 1.82) is 0 Å². The SMILES string of the molecule is O=Cc1ccc(-c2ccc3[nH]ccc3c2)o1. The molecule has 78 valence electrons. The summed E-state index contributed by atoms with van der Waals surface area (Å²) in [5, 5.41) is 1.13. The van der Waals surface area contributed by atoms with Gasteiger partial charge in [-0.2, -0.15) is 0 Å². The molecule has 0 aliphatic carbocycles. The van der Waals surface area contributed by atoms with Crippen LogP contribution in [0.15, 0.2) is 47.0 Å². The molecule has 3 nitrogen and oxygen atoms in total. The summed E-state index contributed by atoms with van der Waals surface area (Å²) in [6, 6.07) is 11.5. The second-order valence-corrected chi connectivity index (χ2v) is 3.60. The van der Waals surface area contributed by atoms with Gasteiger partial charge in [0, 0.05) is 22.7 Å². The molecule has 0 bridgehead atoms. The average molecular weight is 211 g/mol. The van der Waals surface area contributed by atoms with Crippen LogP contribution in [0.5, 0.6) is 0 Å². The van der Waals surface area contributed by atoms with Gasteiger partial charge in [-0.25, -0.2) is 0 Å². The van der Waals surface area contributed by atoms with Gasteiger partial charge in [-0.05, 0) is 36.4 Å². The number of H-pyrrole nitrogens is 1. The van der Waals surface area contributed by atoms with Gasteiger partial charge in [0.1, 0.15) is 5.76 Å². The maximum absolute atomic E-state index is 10.5. The number of hydrogen-bond acceptors (Lipinski definition) is 2. The van der Waals surface area contributed by atoms with Crippen molar-refractivity contribution in [1.82, 2.24) is 4.98 Å². The number of aromatic nitrogens is 1. The number of aldehydes is 1. The van der Waals surface area contributed by atoms with Gasteiger partial charge in [-0.3, -0.25) is 4.79 Å². The van der Waals surface area contributed by atoms with Crippen molar-refractivity contribution in [3.8, 4) is 11.3 Å². The van der Waals surface area contributed by atoms with E-state index in [4.69, 9.17) is 4.42 Å². The van der Waals surface area contributed by atoms with Gasteiger partial charge in [0.2, 0.25) is 0 Å². The van der Waals surface area contributed by atoms with E-state index in [9.17, 15) is 4.79 Å². The highest BCUT2D eigenvalue weighted by Gasteiger charge is 2.05. The minimum atomic E-state index is 0.351. The molecule has 2 aromatic heterocycles. The van der Waals surface area contributed by atoms with E-state index < -0.39 is 0 Å². The molecule has 16 heavy (non-hydrogen) atoms. The van der Waals surface area contributed by atoms with Crippen LogP contribution in [0.1, 0.15) is 10.6 Å². The van der Waals surface area contributed by atoms with Gasteiger partial charge in [0.05, 0.1) is 0 Å². The van der Waals surface area contributed by atoms with E-state index in [1.54, 1.807) is 12.1 Å². The predicted molar refractivity (Wildman–Crippen MR) is 61.4 cm³/mol. The molecule has 2 heterocycles. The summed E-state index contributed by atoms with van der Waals surface area (Å²) in [6.45, 7) is 0. The number of carbonyl (C=O) groups is 1. The first-order chi connectivity index (χ1) is 7.86. The fraction of sp³-hybridized carbons (Fsp3) is 0. The van der Waals surface area contributed by atoms with Crippen molar-refractivity contribution in [2.45, 2.75) is 0 Å². The number of fused-ring (bicyclic) bond motifs is 1. The number of aromatic amines is 1. The first-order valence-electron chi connectivity index (χ1n) is 4.99. The van der Waals surface area contributed by atoms with Crippen LogP contribution in [0, 0.1) is 0 Å². The molecule has 0 radical (unpaired) electrons. The summed E-state index contributed by atoms with van der Waals surface area (Å²) in [5.74, 6) is 1.06. The molecule has 0 unspecified atom stereocenters. The third-order valence-corrected chi connectivity index (χ3v) is 2.58. The summed E-state index contributed by atoms with van der Waals surface area (Å²) < 4.78 is 5.37. The van der Waals surface area contributed by atoms with Gasteiger partial charge >= 0.3 is 0 Å². The lowest BCUT2D eigenvalue weighted by molar-refractivity contribution is 0.110. The second kappa shape index (κ2) is 3.38. The van der Waals surface area contributed by atoms with Gasteiger partial charge in [-0.15, -0.1) is 0 Å². The van der Waals surface area contributed by atoms with Crippen LogP contribution in [0.3, 0.4) is 0 Å². The zero-order chi connectivity index (χ0) is 11.0. The highest BCUT2D eigenvalue weighted by molar-refractivity contribution is 5.84. The van der Waals surface area contributed by atoms with E-state index in [0.29, 0.717) is 17.8 Å². The molecule has 0 aliphatic heterocycles. The van der Waals surface area contributed by atoms with Crippen LogP contribution in [-0.2, 0) is 0 Å². The fourth-order valence-corrected chi connectivity index (χ4v) is 1.78. The number of nitrogens with one attached hydrogen (secondary N) is 1. The Hall–Kier alpha value is -2.29. The van der Waals surface area contributed by atoms with Crippen LogP contribution < -0.4 is 0 Å². The number of rotatable bonds is 2. The third-order valence-electron chi connectivity index (χ3n) is 2.58. The van der Waals surface area contributed by atoms with E-state index in [-0.39, 0.29) is 0 Å². The zero-order valence-corrected chi connectivity index (χ0v) is 8.44. The molecular formula is C13H9NO2. The van der Waals surface area contributed by atoms with E-state index >= 15 is 0 Å². The summed E-state index contributed by atoms with van der Waals surface area (Å²) >= 11 is 0. The van der Waals surface area contributed by atoms with Crippen LogP contribution in [0.4, 0.5) is 0 Å². The first kappa shape index (κ1) is 8.97. The lowest BCUT2D eigenvalue weighted by Crippen LogP contribution is -1.74. The molecule has 0 spiro atoms. The van der Waals surface area contributed by atoms with Crippen molar-refractivity contribution in [2.24, 2.45) is 0 Å². The second-order valence-electron chi connectivity index (χ2n) is 3.60.